The second-order valence-electron chi connectivity index (χ2n) is 5.57. The highest BCUT2D eigenvalue weighted by molar-refractivity contribution is 5.59. The number of benzene rings is 2. The topological polar surface area (TPSA) is 42.2 Å². The zero-order valence-electron chi connectivity index (χ0n) is 12.4. The Hall–Kier alpha value is -2.62. The quantitative estimate of drug-likeness (QED) is 0.735. The van der Waals surface area contributed by atoms with Gasteiger partial charge in [-0.25, -0.2) is 0 Å². The molecular formula is C18H17N3O. The molecule has 1 aliphatic heterocycles. The fourth-order valence-corrected chi connectivity index (χ4v) is 3.01. The minimum absolute atomic E-state index is 0.0774. The molecule has 0 amide bonds. The van der Waals surface area contributed by atoms with Gasteiger partial charge in [-0.1, -0.05) is 53.7 Å². The van der Waals surface area contributed by atoms with Crippen molar-refractivity contribution < 1.29 is 4.52 Å². The highest BCUT2D eigenvalue weighted by atomic mass is 16.5. The number of anilines is 1. The van der Waals surface area contributed by atoms with E-state index in [0.29, 0.717) is 11.7 Å². The van der Waals surface area contributed by atoms with Crippen LogP contribution < -0.4 is 4.90 Å². The molecule has 2 aromatic carbocycles. The number of para-hydroxylation sites is 1. The Kier molecular flexibility index (Phi) is 3.15. The largest absolute Gasteiger partial charge is 0.359 e. The van der Waals surface area contributed by atoms with Crippen LogP contribution in [0.5, 0.6) is 0 Å². The lowest BCUT2D eigenvalue weighted by atomic mass is 10.2. The van der Waals surface area contributed by atoms with Crippen LogP contribution in [0.3, 0.4) is 0 Å². The van der Waals surface area contributed by atoms with Crippen molar-refractivity contribution in [3.63, 3.8) is 0 Å². The van der Waals surface area contributed by atoms with Gasteiger partial charge < -0.3 is 9.42 Å². The maximum absolute atomic E-state index is 5.51. The third-order valence-electron chi connectivity index (χ3n) is 4.22. The van der Waals surface area contributed by atoms with Gasteiger partial charge in [0.2, 0.25) is 11.7 Å². The van der Waals surface area contributed by atoms with Crippen LogP contribution in [-0.2, 0) is 6.42 Å². The first-order valence-corrected chi connectivity index (χ1v) is 7.56. The monoisotopic (exact) mass is 291 g/mol. The third-order valence-corrected chi connectivity index (χ3v) is 4.22. The molecule has 0 spiro atoms. The summed E-state index contributed by atoms with van der Waals surface area (Å²) < 4.78 is 5.51. The van der Waals surface area contributed by atoms with E-state index in [1.807, 2.05) is 30.3 Å². The van der Waals surface area contributed by atoms with E-state index in [9.17, 15) is 0 Å². The molecule has 22 heavy (non-hydrogen) atoms. The van der Waals surface area contributed by atoms with Crippen LogP contribution in [-0.4, -0.2) is 16.7 Å². The molecule has 3 aromatic rings. The van der Waals surface area contributed by atoms with Gasteiger partial charge in [0.1, 0.15) is 6.04 Å². The van der Waals surface area contributed by atoms with Crippen LogP contribution >= 0.6 is 0 Å². The summed E-state index contributed by atoms with van der Waals surface area (Å²) in [5, 5.41) is 4.12. The van der Waals surface area contributed by atoms with Crippen LogP contribution in [0.2, 0.25) is 0 Å². The van der Waals surface area contributed by atoms with Gasteiger partial charge in [0.15, 0.2) is 0 Å². The molecule has 0 aliphatic carbocycles. The first-order valence-electron chi connectivity index (χ1n) is 7.56. The molecule has 4 rings (SSSR count). The molecule has 0 N–H and O–H groups in total. The van der Waals surface area contributed by atoms with Crippen LogP contribution in [0.4, 0.5) is 5.69 Å². The molecule has 1 aromatic heterocycles. The summed E-state index contributed by atoms with van der Waals surface area (Å²) in [7, 11) is 0. The summed E-state index contributed by atoms with van der Waals surface area (Å²) in [6.07, 6.45) is 1.07. The Balaban J connectivity index is 1.62. The predicted octanol–water partition coefficient (Wildman–Crippen LogP) is 3.86. The maximum Gasteiger partial charge on any atom is 0.249 e. The normalized spacial score (nSPS) is 14.9. The van der Waals surface area contributed by atoms with Gasteiger partial charge in [0.05, 0.1) is 0 Å². The van der Waals surface area contributed by atoms with Gasteiger partial charge in [0.25, 0.3) is 0 Å². The summed E-state index contributed by atoms with van der Waals surface area (Å²) in [6.45, 7) is 3.11. The average Bonchev–Trinajstić information content (AvgIpc) is 3.22. The predicted molar refractivity (Wildman–Crippen MR) is 85.6 cm³/mol. The first kappa shape index (κ1) is 13.1. The van der Waals surface area contributed by atoms with E-state index in [0.717, 1.165) is 18.5 Å². The molecular weight excluding hydrogens is 274 g/mol. The van der Waals surface area contributed by atoms with Crippen LogP contribution in [0, 0.1) is 0 Å². The Bertz CT molecular complexity index is 782. The molecule has 0 fully saturated rings. The van der Waals surface area contributed by atoms with Crippen LogP contribution in [0.25, 0.3) is 11.4 Å². The van der Waals surface area contributed by atoms with Crippen molar-refractivity contribution in [2.24, 2.45) is 0 Å². The number of nitrogens with zero attached hydrogens (tertiary/aromatic N) is 3. The minimum atomic E-state index is 0.0774. The SMILES string of the molecule is CC(c1nc(-c2ccccc2)no1)N1CCc2ccccc21. The van der Waals surface area contributed by atoms with E-state index < -0.39 is 0 Å². The summed E-state index contributed by atoms with van der Waals surface area (Å²) in [5.41, 5.74) is 3.64. The van der Waals surface area contributed by atoms with Crippen molar-refractivity contribution in [3.8, 4) is 11.4 Å². The molecule has 0 saturated heterocycles. The summed E-state index contributed by atoms with van der Waals surface area (Å²) in [6, 6.07) is 18.5. The molecule has 1 unspecified atom stereocenters. The van der Waals surface area contributed by atoms with Crippen molar-refractivity contribution in [2.45, 2.75) is 19.4 Å². The van der Waals surface area contributed by atoms with Crippen LogP contribution in [0.15, 0.2) is 59.1 Å². The molecule has 0 bridgehead atoms. The van der Waals surface area contributed by atoms with Gasteiger partial charge in [-0.05, 0) is 25.0 Å². The lowest BCUT2D eigenvalue weighted by molar-refractivity contribution is 0.356. The second-order valence-corrected chi connectivity index (χ2v) is 5.57. The molecule has 0 saturated carbocycles. The van der Waals surface area contributed by atoms with Crippen molar-refractivity contribution in [1.29, 1.82) is 0 Å². The Morgan fingerprint density at radius 3 is 2.68 bits per heavy atom. The van der Waals surface area contributed by atoms with Gasteiger partial charge in [-0.2, -0.15) is 4.98 Å². The molecule has 4 heteroatoms. The molecule has 1 aliphatic rings. The van der Waals surface area contributed by atoms with Gasteiger partial charge >= 0.3 is 0 Å². The zero-order valence-corrected chi connectivity index (χ0v) is 12.4. The van der Waals surface area contributed by atoms with E-state index in [1.54, 1.807) is 0 Å². The van der Waals surface area contributed by atoms with Crippen molar-refractivity contribution in [2.75, 3.05) is 11.4 Å². The van der Waals surface area contributed by atoms with Crippen LogP contribution in [0.1, 0.15) is 24.4 Å². The standard InChI is InChI=1S/C18H17N3O/c1-13(21-12-11-14-7-5-6-10-16(14)21)18-19-17(20-22-18)15-8-3-2-4-9-15/h2-10,13H,11-12H2,1H3. The molecule has 110 valence electrons. The third kappa shape index (κ3) is 2.17. The average molecular weight is 291 g/mol. The Labute approximate surface area is 129 Å². The summed E-state index contributed by atoms with van der Waals surface area (Å²) >= 11 is 0. The lowest BCUT2D eigenvalue weighted by Gasteiger charge is -2.24. The van der Waals surface area contributed by atoms with Crippen molar-refractivity contribution >= 4 is 5.69 Å². The smallest absolute Gasteiger partial charge is 0.249 e. The van der Waals surface area contributed by atoms with E-state index >= 15 is 0 Å². The van der Waals surface area contributed by atoms with E-state index in [4.69, 9.17) is 4.52 Å². The maximum atomic E-state index is 5.51. The van der Waals surface area contributed by atoms with Crippen molar-refractivity contribution in [3.05, 3.63) is 66.1 Å². The van der Waals surface area contributed by atoms with Gasteiger partial charge in [-0.3, -0.25) is 0 Å². The second kappa shape index (κ2) is 5.30. The number of fused-ring (bicyclic) bond motifs is 1. The van der Waals surface area contributed by atoms with E-state index in [-0.39, 0.29) is 6.04 Å². The van der Waals surface area contributed by atoms with Crippen molar-refractivity contribution in [1.82, 2.24) is 10.1 Å². The molecule has 1 atom stereocenters. The lowest BCUT2D eigenvalue weighted by Crippen LogP contribution is -2.24. The Morgan fingerprint density at radius 1 is 1.05 bits per heavy atom. The van der Waals surface area contributed by atoms with Gasteiger partial charge in [-0.15, -0.1) is 0 Å². The summed E-state index contributed by atoms with van der Waals surface area (Å²) in [5.74, 6) is 1.31. The number of hydrogen-bond acceptors (Lipinski definition) is 4. The Morgan fingerprint density at radius 2 is 1.82 bits per heavy atom. The number of aromatic nitrogens is 2. The summed E-state index contributed by atoms with van der Waals surface area (Å²) in [4.78, 5) is 6.91. The first-order chi connectivity index (χ1) is 10.8. The molecule has 2 heterocycles. The molecule has 0 radical (unpaired) electrons. The molecule has 4 nitrogen and oxygen atoms in total. The fraction of sp³-hybridized carbons (Fsp3) is 0.222. The minimum Gasteiger partial charge on any atom is -0.359 e. The fourth-order valence-electron chi connectivity index (χ4n) is 3.01. The number of rotatable bonds is 3. The van der Waals surface area contributed by atoms with E-state index in [2.05, 4.69) is 46.2 Å². The van der Waals surface area contributed by atoms with E-state index in [1.165, 1.54) is 11.3 Å². The zero-order chi connectivity index (χ0) is 14.9. The highest BCUT2D eigenvalue weighted by Crippen LogP contribution is 2.34. The van der Waals surface area contributed by atoms with Gasteiger partial charge in [0, 0.05) is 17.8 Å². The highest BCUT2D eigenvalue weighted by Gasteiger charge is 2.27. The number of hydrogen-bond donors (Lipinski definition) is 0.